The summed E-state index contributed by atoms with van der Waals surface area (Å²) < 4.78 is 0. The molecule has 0 aliphatic heterocycles. The number of aromatic nitrogens is 1. The number of carbonyl (C=O) groups excluding carboxylic acids is 1. The molecule has 2 N–H and O–H groups in total. The lowest BCUT2D eigenvalue weighted by Gasteiger charge is -2.29. The summed E-state index contributed by atoms with van der Waals surface area (Å²) in [5, 5.41) is 0. The van der Waals surface area contributed by atoms with E-state index in [-0.39, 0.29) is 11.8 Å². The molecular weight excluding hydrogens is 264 g/mol. The van der Waals surface area contributed by atoms with Gasteiger partial charge < -0.3 is 15.5 Å². The first kappa shape index (κ1) is 17.6. The second-order valence-corrected chi connectivity index (χ2v) is 5.84. The molecule has 0 spiro atoms. The van der Waals surface area contributed by atoms with Crippen LogP contribution in [0.3, 0.4) is 0 Å². The molecule has 1 unspecified atom stereocenters. The van der Waals surface area contributed by atoms with E-state index in [9.17, 15) is 4.79 Å². The molecule has 0 bridgehead atoms. The molecule has 1 heterocycles. The van der Waals surface area contributed by atoms with Crippen LogP contribution in [-0.4, -0.2) is 53.9 Å². The van der Waals surface area contributed by atoms with Crippen molar-refractivity contribution in [1.29, 1.82) is 0 Å². The van der Waals surface area contributed by atoms with E-state index in [1.165, 1.54) is 0 Å². The summed E-state index contributed by atoms with van der Waals surface area (Å²) >= 11 is 0. The molecule has 21 heavy (non-hydrogen) atoms. The van der Waals surface area contributed by atoms with Crippen molar-refractivity contribution in [3.8, 4) is 0 Å². The van der Waals surface area contributed by atoms with Crippen molar-refractivity contribution in [2.45, 2.75) is 32.9 Å². The third kappa shape index (κ3) is 5.81. The fourth-order valence-corrected chi connectivity index (χ4v) is 2.01. The van der Waals surface area contributed by atoms with Crippen molar-refractivity contribution in [2.75, 3.05) is 27.2 Å². The van der Waals surface area contributed by atoms with Gasteiger partial charge in [-0.05, 0) is 31.6 Å². The lowest BCUT2D eigenvalue weighted by Crippen LogP contribution is -2.48. The third-order valence-corrected chi connectivity index (χ3v) is 3.77. The lowest BCUT2D eigenvalue weighted by molar-refractivity contribution is -0.134. The number of likely N-dealkylation sites (N-methyl/N-ethyl adjacent to an activating group) is 1. The van der Waals surface area contributed by atoms with Crippen LogP contribution in [-0.2, 0) is 11.3 Å². The van der Waals surface area contributed by atoms with Gasteiger partial charge in [-0.2, -0.15) is 0 Å². The Kier molecular flexibility index (Phi) is 7.32. The minimum absolute atomic E-state index is 0.0232. The first-order valence-corrected chi connectivity index (χ1v) is 7.53. The van der Waals surface area contributed by atoms with Crippen LogP contribution in [0.25, 0.3) is 0 Å². The van der Waals surface area contributed by atoms with Crippen molar-refractivity contribution in [3.63, 3.8) is 0 Å². The summed E-state index contributed by atoms with van der Waals surface area (Å²) in [6.07, 6.45) is 4.44. The average molecular weight is 292 g/mol. The van der Waals surface area contributed by atoms with Gasteiger partial charge >= 0.3 is 0 Å². The highest BCUT2D eigenvalue weighted by atomic mass is 16.2. The first-order valence-electron chi connectivity index (χ1n) is 7.53. The van der Waals surface area contributed by atoms with Gasteiger partial charge in [0.15, 0.2) is 0 Å². The summed E-state index contributed by atoms with van der Waals surface area (Å²) in [6, 6.07) is 3.44. The van der Waals surface area contributed by atoms with Crippen LogP contribution < -0.4 is 5.73 Å². The number of nitrogens with two attached hydrogens (primary N) is 1. The number of hydrogen-bond acceptors (Lipinski definition) is 4. The van der Waals surface area contributed by atoms with Crippen molar-refractivity contribution in [1.82, 2.24) is 14.8 Å². The minimum atomic E-state index is -0.436. The van der Waals surface area contributed by atoms with Gasteiger partial charge in [0, 0.05) is 32.0 Å². The van der Waals surface area contributed by atoms with E-state index in [0.717, 1.165) is 18.5 Å². The zero-order chi connectivity index (χ0) is 15.8. The average Bonchev–Trinajstić information content (AvgIpc) is 2.50. The molecule has 0 radical (unpaired) electrons. The zero-order valence-corrected chi connectivity index (χ0v) is 13.6. The van der Waals surface area contributed by atoms with Crippen LogP contribution in [0.15, 0.2) is 24.5 Å². The fraction of sp³-hybridized carbons (Fsp3) is 0.625. The van der Waals surface area contributed by atoms with Crippen LogP contribution in [0.2, 0.25) is 0 Å². The number of rotatable bonds is 8. The van der Waals surface area contributed by atoms with Crippen LogP contribution in [0.1, 0.15) is 25.8 Å². The van der Waals surface area contributed by atoms with Crippen molar-refractivity contribution in [3.05, 3.63) is 30.1 Å². The predicted molar refractivity (Wildman–Crippen MR) is 85.6 cm³/mol. The summed E-state index contributed by atoms with van der Waals surface area (Å²) in [5.41, 5.74) is 7.14. The van der Waals surface area contributed by atoms with Crippen molar-refractivity contribution < 1.29 is 4.79 Å². The molecule has 1 aromatic heterocycles. The number of pyridine rings is 1. The van der Waals surface area contributed by atoms with Crippen LogP contribution in [0, 0.1) is 5.92 Å². The summed E-state index contributed by atoms with van der Waals surface area (Å²) in [6.45, 7) is 6.13. The van der Waals surface area contributed by atoms with Gasteiger partial charge in [0.2, 0.25) is 5.91 Å². The van der Waals surface area contributed by atoms with Gasteiger partial charge in [-0.15, -0.1) is 0 Å². The Balaban J connectivity index is 2.78. The maximum atomic E-state index is 12.6. The molecule has 5 heteroatoms. The molecule has 1 amide bonds. The summed E-state index contributed by atoms with van der Waals surface area (Å²) in [4.78, 5) is 20.6. The molecular formula is C16H28N4O. The molecule has 2 atom stereocenters. The molecule has 0 saturated carbocycles. The summed E-state index contributed by atoms with van der Waals surface area (Å²) in [7, 11) is 4.00. The van der Waals surface area contributed by atoms with Crippen LogP contribution in [0.4, 0.5) is 0 Å². The highest BCUT2D eigenvalue weighted by molar-refractivity contribution is 5.82. The Morgan fingerprint density at radius 3 is 2.62 bits per heavy atom. The van der Waals surface area contributed by atoms with E-state index in [1.807, 2.05) is 38.1 Å². The van der Waals surface area contributed by atoms with Gasteiger partial charge in [-0.3, -0.25) is 9.78 Å². The standard InChI is InChI=1S/C16H28N4O/c1-5-13(2)15(17)16(21)20(10-9-19(3)4)12-14-7-6-8-18-11-14/h6-8,11,13,15H,5,9-10,12,17H2,1-4H3/t13?,15-/m0/s1. The molecule has 0 aliphatic carbocycles. The van der Waals surface area contributed by atoms with E-state index in [1.54, 1.807) is 12.4 Å². The Hall–Kier alpha value is -1.46. The monoisotopic (exact) mass is 292 g/mol. The topological polar surface area (TPSA) is 62.5 Å². The number of amides is 1. The van der Waals surface area contributed by atoms with Crippen LogP contribution >= 0.6 is 0 Å². The van der Waals surface area contributed by atoms with Gasteiger partial charge in [-0.25, -0.2) is 0 Å². The molecule has 0 fully saturated rings. The zero-order valence-electron chi connectivity index (χ0n) is 13.6. The third-order valence-electron chi connectivity index (χ3n) is 3.77. The Morgan fingerprint density at radius 2 is 2.10 bits per heavy atom. The Bertz CT molecular complexity index is 422. The summed E-state index contributed by atoms with van der Waals surface area (Å²) in [5.74, 6) is 0.211. The normalized spacial score (nSPS) is 14.0. The van der Waals surface area contributed by atoms with Gasteiger partial charge in [0.25, 0.3) is 0 Å². The fourth-order valence-electron chi connectivity index (χ4n) is 2.01. The van der Waals surface area contributed by atoms with E-state index in [2.05, 4.69) is 16.8 Å². The van der Waals surface area contributed by atoms with Gasteiger partial charge in [0.05, 0.1) is 6.04 Å². The van der Waals surface area contributed by atoms with E-state index >= 15 is 0 Å². The smallest absolute Gasteiger partial charge is 0.240 e. The molecule has 1 aromatic rings. The van der Waals surface area contributed by atoms with Gasteiger partial charge in [0.1, 0.15) is 0 Å². The Morgan fingerprint density at radius 1 is 1.38 bits per heavy atom. The maximum Gasteiger partial charge on any atom is 0.240 e. The second kappa shape index (κ2) is 8.74. The van der Waals surface area contributed by atoms with Crippen molar-refractivity contribution in [2.24, 2.45) is 11.7 Å². The molecule has 1 rings (SSSR count). The SMILES string of the molecule is CCC(C)[C@H](N)C(=O)N(CCN(C)C)Cc1cccnc1. The quantitative estimate of drug-likeness (QED) is 0.785. The molecule has 0 saturated heterocycles. The largest absolute Gasteiger partial charge is 0.336 e. The van der Waals surface area contributed by atoms with Crippen LogP contribution in [0.5, 0.6) is 0 Å². The number of hydrogen-bond donors (Lipinski definition) is 1. The minimum Gasteiger partial charge on any atom is -0.336 e. The van der Waals surface area contributed by atoms with E-state index in [4.69, 9.17) is 5.73 Å². The first-order chi connectivity index (χ1) is 9.95. The highest BCUT2D eigenvalue weighted by Gasteiger charge is 2.25. The molecule has 118 valence electrons. The maximum absolute atomic E-state index is 12.6. The molecule has 0 aliphatic rings. The molecule has 0 aromatic carbocycles. The number of carbonyl (C=O) groups is 1. The second-order valence-electron chi connectivity index (χ2n) is 5.84. The highest BCUT2D eigenvalue weighted by Crippen LogP contribution is 2.11. The predicted octanol–water partition coefficient (Wildman–Crippen LogP) is 1.35. The van der Waals surface area contributed by atoms with E-state index in [0.29, 0.717) is 13.1 Å². The lowest BCUT2D eigenvalue weighted by atomic mass is 9.98. The van der Waals surface area contributed by atoms with Gasteiger partial charge in [-0.1, -0.05) is 26.3 Å². The van der Waals surface area contributed by atoms with E-state index < -0.39 is 6.04 Å². The molecule has 5 nitrogen and oxygen atoms in total. The number of nitrogens with zero attached hydrogens (tertiary/aromatic N) is 3. The van der Waals surface area contributed by atoms with Crippen molar-refractivity contribution >= 4 is 5.91 Å². The Labute approximate surface area is 128 Å².